The Hall–Kier alpha value is -3.78. The van der Waals surface area contributed by atoms with Gasteiger partial charge in [0.25, 0.3) is 0 Å². The molecule has 8 nitrogen and oxygen atoms in total. The lowest BCUT2D eigenvalue weighted by atomic mass is 10.1. The molecular weight excluding hydrogens is 402 g/mol. The molecule has 0 amide bonds. The molecule has 0 saturated carbocycles. The van der Waals surface area contributed by atoms with Gasteiger partial charge in [-0.15, -0.1) is 0 Å². The number of hydrogen-bond acceptors (Lipinski definition) is 8. The summed E-state index contributed by atoms with van der Waals surface area (Å²) in [6.45, 7) is 2.82. The van der Waals surface area contributed by atoms with Gasteiger partial charge in [0.15, 0.2) is 0 Å². The van der Waals surface area contributed by atoms with Crippen LogP contribution >= 0.6 is 0 Å². The molecule has 162 valence electrons. The van der Waals surface area contributed by atoms with E-state index in [0.717, 1.165) is 52.3 Å². The second kappa shape index (κ2) is 8.39. The second-order valence-corrected chi connectivity index (χ2v) is 7.96. The standard InChI is InChI=1S/C24H25N7O/c1-30(2)23-18(13-16-5-3-4-6-19(16)27-23)21-14-20(17-7-8-22(25)26-15-17)28-24(29-21)31-9-11-32-12-10-31/h3-8,13-15H,9-12H2,1-2H3,(H2,25,26). The van der Waals surface area contributed by atoms with Crippen LogP contribution in [0.25, 0.3) is 33.4 Å². The van der Waals surface area contributed by atoms with Gasteiger partial charge in [-0.25, -0.2) is 19.9 Å². The number of anilines is 3. The minimum atomic E-state index is 0.477. The third kappa shape index (κ3) is 3.92. The maximum atomic E-state index is 5.80. The molecule has 1 fully saturated rings. The van der Waals surface area contributed by atoms with Crippen molar-refractivity contribution in [2.45, 2.75) is 0 Å². The van der Waals surface area contributed by atoms with Crippen LogP contribution in [0.15, 0.2) is 54.7 Å². The quantitative estimate of drug-likeness (QED) is 0.531. The van der Waals surface area contributed by atoms with Gasteiger partial charge in [0, 0.05) is 49.9 Å². The summed E-state index contributed by atoms with van der Waals surface area (Å²) in [6, 6.07) is 16.0. The highest BCUT2D eigenvalue weighted by molar-refractivity contribution is 5.89. The molecule has 2 N–H and O–H groups in total. The van der Waals surface area contributed by atoms with Gasteiger partial charge in [-0.2, -0.15) is 0 Å². The zero-order valence-corrected chi connectivity index (χ0v) is 18.2. The number of aromatic nitrogens is 4. The topological polar surface area (TPSA) is 93.3 Å². The van der Waals surface area contributed by atoms with Crippen molar-refractivity contribution in [2.75, 3.05) is 55.9 Å². The van der Waals surface area contributed by atoms with Crippen molar-refractivity contribution in [2.24, 2.45) is 0 Å². The van der Waals surface area contributed by atoms with Crippen molar-refractivity contribution in [1.82, 2.24) is 19.9 Å². The minimum absolute atomic E-state index is 0.477. The van der Waals surface area contributed by atoms with E-state index in [1.54, 1.807) is 12.3 Å². The number of nitrogens with zero attached hydrogens (tertiary/aromatic N) is 6. The molecule has 1 saturated heterocycles. The van der Waals surface area contributed by atoms with E-state index in [0.29, 0.717) is 25.0 Å². The first-order valence-electron chi connectivity index (χ1n) is 10.6. The molecule has 1 aliphatic heterocycles. The van der Waals surface area contributed by atoms with Gasteiger partial charge in [0.05, 0.1) is 30.1 Å². The van der Waals surface area contributed by atoms with E-state index in [9.17, 15) is 0 Å². The lowest BCUT2D eigenvalue weighted by Gasteiger charge is -2.27. The van der Waals surface area contributed by atoms with Gasteiger partial charge >= 0.3 is 0 Å². The number of hydrogen-bond donors (Lipinski definition) is 1. The van der Waals surface area contributed by atoms with E-state index < -0.39 is 0 Å². The molecule has 0 radical (unpaired) electrons. The maximum absolute atomic E-state index is 5.80. The monoisotopic (exact) mass is 427 g/mol. The highest BCUT2D eigenvalue weighted by atomic mass is 16.5. The lowest BCUT2D eigenvalue weighted by molar-refractivity contribution is 0.122. The molecule has 4 aromatic rings. The second-order valence-electron chi connectivity index (χ2n) is 7.96. The fourth-order valence-electron chi connectivity index (χ4n) is 3.82. The van der Waals surface area contributed by atoms with Gasteiger partial charge in [-0.3, -0.25) is 0 Å². The largest absolute Gasteiger partial charge is 0.384 e. The van der Waals surface area contributed by atoms with E-state index >= 15 is 0 Å². The fourth-order valence-corrected chi connectivity index (χ4v) is 3.82. The van der Waals surface area contributed by atoms with Gasteiger partial charge in [-0.1, -0.05) is 18.2 Å². The number of morpholine rings is 1. The third-order valence-electron chi connectivity index (χ3n) is 5.49. The average Bonchev–Trinajstić information content (AvgIpc) is 2.84. The van der Waals surface area contributed by atoms with Gasteiger partial charge in [0.1, 0.15) is 11.6 Å². The summed E-state index contributed by atoms with van der Waals surface area (Å²) in [6.07, 6.45) is 1.75. The Labute approximate surface area is 186 Å². The molecule has 0 bridgehead atoms. The van der Waals surface area contributed by atoms with Crippen LogP contribution in [0.2, 0.25) is 0 Å². The molecule has 0 spiro atoms. The summed E-state index contributed by atoms with van der Waals surface area (Å²) in [5, 5.41) is 1.07. The highest BCUT2D eigenvalue weighted by Gasteiger charge is 2.19. The zero-order valence-electron chi connectivity index (χ0n) is 18.2. The van der Waals surface area contributed by atoms with Crippen molar-refractivity contribution < 1.29 is 4.74 Å². The van der Waals surface area contributed by atoms with Gasteiger partial charge in [0.2, 0.25) is 5.95 Å². The van der Waals surface area contributed by atoms with Crippen LogP contribution in [0.4, 0.5) is 17.6 Å². The Morgan fingerprint density at radius 3 is 2.47 bits per heavy atom. The van der Waals surface area contributed by atoms with E-state index in [-0.39, 0.29) is 0 Å². The van der Waals surface area contributed by atoms with Crippen molar-refractivity contribution >= 4 is 28.5 Å². The van der Waals surface area contributed by atoms with Crippen molar-refractivity contribution in [1.29, 1.82) is 0 Å². The first-order chi connectivity index (χ1) is 15.6. The maximum Gasteiger partial charge on any atom is 0.226 e. The Kier molecular flexibility index (Phi) is 5.28. The molecule has 3 aromatic heterocycles. The summed E-state index contributed by atoms with van der Waals surface area (Å²) >= 11 is 0. The Bertz CT molecular complexity index is 1250. The van der Waals surface area contributed by atoms with Gasteiger partial charge < -0.3 is 20.3 Å². The summed E-state index contributed by atoms with van der Waals surface area (Å²) in [5.41, 5.74) is 10.2. The third-order valence-corrected chi connectivity index (χ3v) is 5.49. The number of benzene rings is 1. The van der Waals surface area contributed by atoms with Crippen LogP contribution in [-0.4, -0.2) is 60.3 Å². The van der Waals surface area contributed by atoms with Crippen LogP contribution in [0, 0.1) is 0 Å². The van der Waals surface area contributed by atoms with Gasteiger partial charge in [-0.05, 0) is 30.3 Å². The molecule has 5 rings (SSSR count). The minimum Gasteiger partial charge on any atom is -0.384 e. The van der Waals surface area contributed by atoms with Crippen LogP contribution in [-0.2, 0) is 4.74 Å². The summed E-state index contributed by atoms with van der Waals surface area (Å²) in [5.74, 6) is 2.01. The number of ether oxygens (including phenoxy) is 1. The first-order valence-corrected chi connectivity index (χ1v) is 10.6. The zero-order chi connectivity index (χ0) is 22.1. The molecular formula is C24H25N7O. The Morgan fingerprint density at radius 2 is 1.72 bits per heavy atom. The smallest absolute Gasteiger partial charge is 0.226 e. The Balaban J connectivity index is 1.71. The number of para-hydroxylation sites is 1. The van der Waals surface area contributed by atoms with E-state index in [4.69, 9.17) is 25.4 Å². The molecule has 32 heavy (non-hydrogen) atoms. The normalized spacial score (nSPS) is 14.0. The number of nitrogens with two attached hydrogens (primary N) is 1. The lowest BCUT2D eigenvalue weighted by Crippen LogP contribution is -2.37. The van der Waals surface area contributed by atoms with Crippen LogP contribution in [0.1, 0.15) is 0 Å². The molecule has 0 atom stereocenters. The molecule has 8 heteroatoms. The van der Waals surface area contributed by atoms with E-state index in [1.165, 1.54) is 0 Å². The fraction of sp³-hybridized carbons (Fsp3) is 0.250. The van der Waals surface area contributed by atoms with Crippen LogP contribution in [0.3, 0.4) is 0 Å². The average molecular weight is 428 g/mol. The molecule has 1 aliphatic rings. The van der Waals surface area contributed by atoms with Crippen molar-refractivity contribution in [3.05, 3.63) is 54.7 Å². The Morgan fingerprint density at radius 1 is 0.938 bits per heavy atom. The number of pyridine rings is 2. The van der Waals surface area contributed by atoms with Crippen LogP contribution in [0.5, 0.6) is 0 Å². The summed E-state index contributed by atoms with van der Waals surface area (Å²) < 4.78 is 5.53. The van der Waals surface area contributed by atoms with E-state index in [2.05, 4.69) is 22.0 Å². The van der Waals surface area contributed by atoms with E-state index in [1.807, 2.05) is 49.3 Å². The summed E-state index contributed by atoms with van der Waals surface area (Å²) in [7, 11) is 3.99. The molecule has 0 unspecified atom stereocenters. The molecule has 4 heterocycles. The predicted octanol–water partition coefficient (Wildman–Crippen LogP) is 3.24. The van der Waals surface area contributed by atoms with Crippen molar-refractivity contribution in [3.63, 3.8) is 0 Å². The number of rotatable bonds is 4. The number of nitrogen functional groups attached to an aromatic ring is 1. The van der Waals surface area contributed by atoms with Crippen LogP contribution < -0.4 is 15.5 Å². The first kappa shape index (κ1) is 20.1. The predicted molar refractivity (Wildman–Crippen MR) is 128 cm³/mol. The highest BCUT2D eigenvalue weighted by Crippen LogP contribution is 2.33. The molecule has 0 aliphatic carbocycles. The number of fused-ring (bicyclic) bond motifs is 1. The summed E-state index contributed by atoms with van der Waals surface area (Å²) in [4.78, 5) is 23.2. The molecule has 1 aromatic carbocycles. The van der Waals surface area contributed by atoms with Crippen molar-refractivity contribution in [3.8, 4) is 22.5 Å². The SMILES string of the molecule is CN(C)c1nc2ccccc2cc1-c1cc(-c2ccc(N)nc2)nc(N2CCOCC2)n1.